The SMILES string of the molecule is O=S12(c3ccccc3-c3ccccc31)c1ccccc1-c1cc(-c3ccccc3-n3c4ccccc4c4cc5oc6ccccc6c5cc43)ccc12. The van der Waals surface area contributed by atoms with Gasteiger partial charge in [-0.15, -0.1) is 0 Å². The predicted molar refractivity (Wildman–Crippen MR) is 212 cm³/mol. The summed E-state index contributed by atoms with van der Waals surface area (Å²) in [6.07, 6.45) is 0. The summed E-state index contributed by atoms with van der Waals surface area (Å²) in [5, 5.41) is 4.54. The highest BCUT2D eigenvalue weighted by Crippen LogP contribution is 2.71. The van der Waals surface area contributed by atoms with Crippen molar-refractivity contribution in [1.82, 2.24) is 4.57 Å². The maximum Gasteiger partial charge on any atom is 0.136 e. The lowest BCUT2D eigenvalue weighted by molar-refractivity contribution is 0.658. The number of para-hydroxylation sites is 3. The zero-order chi connectivity index (χ0) is 34.2. The molecule has 4 heterocycles. The van der Waals surface area contributed by atoms with Gasteiger partial charge in [0.2, 0.25) is 0 Å². The largest absolute Gasteiger partial charge is 0.456 e. The van der Waals surface area contributed by atoms with Crippen LogP contribution in [0.25, 0.3) is 82.8 Å². The molecular formula is C48H29NO2S. The molecule has 0 fully saturated rings. The first-order valence-electron chi connectivity index (χ1n) is 17.7. The normalized spacial score (nSPS) is 15.4. The highest BCUT2D eigenvalue weighted by molar-refractivity contribution is 8.21. The van der Waals surface area contributed by atoms with Crippen molar-refractivity contribution in [3.8, 4) is 39.1 Å². The fraction of sp³-hybridized carbons (Fsp3) is 0. The van der Waals surface area contributed by atoms with E-state index in [4.69, 9.17) is 4.42 Å². The first-order valence-corrected chi connectivity index (χ1v) is 19.6. The molecular weight excluding hydrogens is 655 g/mol. The number of benzene rings is 8. The third kappa shape index (κ3) is 3.21. The lowest BCUT2D eigenvalue weighted by atomic mass is 9.98. The Morgan fingerprint density at radius 3 is 1.67 bits per heavy atom. The van der Waals surface area contributed by atoms with Gasteiger partial charge >= 0.3 is 0 Å². The summed E-state index contributed by atoms with van der Waals surface area (Å²) in [6, 6.07) is 61.6. The average Bonchev–Trinajstić information content (AvgIpc) is 3.88. The molecule has 52 heavy (non-hydrogen) atoms. The summed E-state index contributed by atoms with van der Waals surface area (Å²) >= 11 is 0. The van der Waals surface area contributed by atoms with Crippen molar-refractivity contribution >= 4 is 52.8 Å². The molecule has 0 saturated carbocycles. The molecule has 244 valence electrons. The number of fused-ring (bicyclic) bond motifs is 16. The van der Waals surface area contributed by atoms with E-state index < -0.39 is 9.07 Å². The molecule has 2 aliphatic heterocycles. The van der Waals surface area contributed by atoms with Crippen LogP contribution in [0.4, 0.5) is 0 Å². The maximum absolute atomic E-state index is 16.8. The molecule has 0 unspecified atom stereocenters. The molecule has 4 heteroatoms. The summed E-state index contributed by atoms with van der Waals surface area (Å²) in [5.41, 5.74) is 11.5. The van der Waals surface area contributed by atoms with Crippen molar-refractivity contribution in [2.24, 2.45) is 0 Å². The van der Waals surface area contributed by atoms with Gasteiger partial charge in [-0.1, -0.05) is 115 Å². The molecule has 0 aliphatic carbocycles. The molecule has 8 aromatic carbocycles. The van der Waals surface area contributed by atoms with Gasteiger partial charge < -0.3 is 8.98 Å². The van der Waals surface area contributed by atoms with Crippen molar-refractivity contribution in [1.29, 1.82) is 0 Å². The first kappa shape index (κ1) is 28.2. The van der Waals surface area contributed by atoms with Gasteiger partial charge in [-0.3, -0.25) is 4.21 Å². The second-order valence-corrected chi connectivity index (χ2v) is 17.6. The van der Waals surface area contributed by atoms with Crippen molar-refractivity contribution in [2.75, 3.05) is 0 Å². The maximum atomic E-state index is 16.8. The van der Waals surface area contributed by atoms with Gasteiger partial charge in [-0.2, -0.15) is 0 Å². The third-order valence-electron chi connectivity index (χ3n) is 11.5. The van der Waals surface area contributed by atoms with E-state index >= 15 is 4.21 Å². The molecule has 0 saturated heterocycles. The van der Waals surface area contributed by atoms with Crippen molar-refractivity contribution in [2.45, 2.75) is 19.6 Å². The monoisotopic (exact) mass is 683 g/mol. The molecule has 0 radical (unpaired) electrons. The van der Waals surface area contributed by atoms with Crippen molar-refractivity contribution in [3.05, 3.63) is 176 Å². The molecule has 12 rings (SSSR count). The Bertz CT molecular complexity index is 3220. The van der Waals surface area contributed by atoms with E-state index in [0.29, 0.717) is 0 Å². The minimum absolute atomic E-state index is 0.890. The number of rotatable bonds is 2. The summed E-state index contributed by atoms with van der Waals surface area (Å²) in [6.45, 7) is 0. The molecule has 2 aromatic heterocycles. The fourth-order valence-electron chi connectivity index (χ4n) is 9.40. The number of nitrogens with zero attached hydrogens (tertiary/aromatic N) is 1. The topological polar surface area (TPSA) is 35.1 Å². The highest BCUT2D eigenvalue weighted by Gasteiger charge is 2.57. The Morgan fingerprint density at radius 1 is 0.385 bits per heavy atom. The second kappa shape index (κ2) is 9.64. The van der Waals surface area contributed by atoms with Crippen LogP contribution in [-0.4, -0.2) is 8.78 Å². The molecule has 0 bridgehead atoms. The van der Waals surface area contributed by atoms with Crippen LogP contribution in [0.5, 0.6) is 0 Å². The van der Waals surface area contributed by atoms with Crippen LogP contribution in [0.1, 0.15) is 0 Å². The lowest BCUT2D eigenvalue weighted by Crippen LogP contribution is -2.29. The summed E-state index contributed by atoms with van der Waals surface area (Å²) in [5.74, 6) is 0. The number of furan rings is 1. The van der Waals surface area contributed by atoms with Gasteiger partial charge in [-0.05, 0) is 88.5 Å². The average molecular weight is 684 g/mol. The molecule has 3 nitrogen and oxygen atoms in total. The van der Waals surface area contributed by atoms with Gasteiger partial charge in [0.25, 0.3) is 0 Å². The molecule has 2 aliphatic rings. The summed E-state index contributed by atoms with van der Waals surface area (Å²) in [4.78, 5) is 3.60. The zero-order valence-electron chi connectivity index (χ0n) is 27.9. The van der Waals surface area contributed by atoms with Gasteiger partial charge in [0.1, 0.15) is 11.2 Å². The lowest BCUT2D eigenvalue weighted by Gasteiger charge is -2.38. The molecule has 0 atom stereocenters. The van der Waals surface area contributed by atoms with Crippen LogP contribution in [0.2, 0.25) is 0 Å². The third-order valence-corrected chi connectivity index (χ3v) is 16.3. The number of aromatic nitrogens is 1. The zero-order valence-corrected chi connectivity index (χ0v) is 28.7. The Labute approximate surface area is 299 Å². The smallest absolute Gasteiger partial charge is 0.136 e. The van der Waals surface area contributed by atoms with Crippen molar-refractivity contribution < 1.29 is 8.63 Å². The van der Waals surface area contributed by atoms with E-state index in [0.717, 1.165) is 97.0 Å². The van der Waals surface area contributed by atoms with E-state index in [1.807, 2.05) is 30.3 Å². The van der Waals surface area contributed by atoms with Crippen LogP contribution in [-0.2, 0) is 9.07 Å². The van der Waals surface area contributed by atoms with Gasteiger partial charge in [0.05, 0.1) is 16.7 Å². The number of hydrogen-bond donors (Lipinski definition) is 0. The second-order valence-electron chi connectivity index (χ2n) is 14.0. The first-order chi connectivity index (χ1) is 25.6. The Kier molecular flexibility index (Phi) is 5.23. The van der Waals surface area contributed by atoms with Crippen LogP contribution in [0.3, 0.4) is 0 Å². The van der Waals surface area contributed by atoms with Crippen LogP contribution < -0.4 is 0 Å². The standard InChI is InChI=1S/C48H29NO2S/c50-52(45-22-10-4-16-34(45)35-17-5-11-23-46(35)52)47-24-12-6-18-36(47)39-27-30(25-26-48(39)52)31-13-1-7-19-40(31)49-41-20-8-2-14-32(41)37-29-44-38(28-42(37)49)33-15-3-9-21-43(33)51-44/h1-29H. The Balaban J connectivity index is 1.14. The molecule has 1 spiro atoms. The predicted octanol–water partition coefficient (Wildman–Crippen LogP) is 12.7. The van der Waals surface area contributed by atoms with Gasteiger partial charge in [0.15, 0.2) is 0 Å². The van der Waals surface area contributed by atoms with E-state index in [-0.39, 0.29) is 0 Å². The Morgan fingerprint density at radius 2 is 0.942 bits per heavy atom. The molecule has 10 aromatic rings. The van der Waals surface area contributed by atoms with E-state index in [1.54, 1.807) is 0 Å². The summed E-state index contributed by atoms with van der Waals surface area (Å²) < 4.78 is 25.6. The van der Waals surface area contributed by atoms with E-state index in [1.165, 1.54) is 5.39 Å². The Hall–Kier alpha value is -6.49. The van der Waals surface area contributed by atoms with Crippen LogP contribution in [0, 0.1) is 0 Å². The minimum atomic E-state index is -3.89. The van der Waals surface area contributed by atoms with E-state index in [9.17, 15) is 0 Å². The fourth-order valence-corrected chi connectivity index (χ4v) is 14.5. The number of hydrogen-bond acceptors (Lipinski definition) is 2. The van der Waals surface area contributed by atoms with Crippen LogP contribution >= 0.6 is 0 Å². The van der Waals surface area contributed by atoms with Gasteiger partial charge in [0, 0.05) is 55.8 Å². The summed E-state index contributed by atoms with van der Waals surface area (Å²) in [7, 11) is -3.89. The molecule has 0 N–H and O–H groups in total. The van der Waals surface area contributed by atoms with Crippen LogP contribution in [0.15, 0.2) is 200 Å². The molecule has 0 amide bonds. The van der Waals surface area contributed by atoms with E-state index in [2.05, 4.69) is 150 Å². The highest BCUT2D eigenvalue weighted by atomic mass is 32.3. The van der Waals surface area contributed by atoms with Gasteiger partial charge in [-0.25, -0.2) is 0 Å². The quantitative estimate of drug-likeness (QED) is 0.182. The van der Waals surface area contributed by atoms with Crippen molar-refractivity contribution in [3.63, 3.8) is 0 Å². The minimum Gasteiger partial charge on any atom is -0.456 e.